The van der Waals surface area contributed by atoms with Crippen LogP contribution in [0.4, 0.5) is 19.1 Å². The van der Waals surface area contributed by atoms with Gasteiger partial charge in [-0.1, -0.05) is 6.92 Å². The van der Waals surface area contributed by atoms with E-state index >= 15 is 0 Å². The molecule has 5 heterocycles. The number of nitrogens with zero attached hydrogens (tertiary/aromatic N) is 7. The minimum absolute atomic E-state index is 0.271. The number of alkyl halides is 3. The van der Waals surface area contributed by atoms with E-state index in [0.717, 1.165) is 37.3 Å². The quantitative estimate of drug-likeness (QED) is 0.406. The van der Waals surface area contributed by atoms with Crippen LogP contribution >= 0.6 is 0 Å². The highest BCUT2D eigenvalue weighted by molar-refractivity contribution is 5.61. The predicted octanol–water partition coefficient (Wildman–Crippen LogP) is 4.28. The van der Waals surface area contributed by atoms with Gasteiger partial charge in [0, 0.05) is 44.7 Å². The number of aromatic nitrogens is 6. The summed E-state index contributed by atoms with van der Waals surface area (Å²) in [7, 11) is 1.67. The Morgan fingerprint density at radius 1 is 1.09 bits per heavy atom. The van der Waals surface area contributed by atoms with Gasteiger partial charge in [-0.2, -0.15) is 18.3 Å². The molecule has 0 aliphatic carbocycles. The number of rotatable bonds is 6. The average Bonchev–Trinajstić information content (AvgIpc) is 3.49. The van der Waals surface area contributed by atoms with Crippen LogP contribution in [-0.4, -0.2) is 55.9 Å². The largest absolute Gasteiger partial charge is 0.417 e. The molecule has 0 N–H and O–H groups in total. The molecule has 0 saturated carbocycles. The lowest BCUT2D eigenvalue weighted by molar-refractivity contribution is -0.137. The monoisotopic (exact) mass is 485 g/mol. The average molecular weight is 486 g/mol. The zero-order valence-corrected chi connectivity index (χ0v) is 19.5. The summed E-state index contributed by atoms with van der Waals surface area (Å²) in [6, 6.07) is 4.08. The van der Waals surface area contributed by atoms with Crippen molar-refractivity contribution >= 4 is 11.6 Å². The molecule has 0 spiro atoms. The molecule has 0 unspecified atom stereocenters. The maximum absolute atomic E-state index is 13.3. The van der Waals surface area contributed by atoms with Crippen LogP contribution in [0.15, 0.2) is 49.2 Å². The Bertz CT molecular complexity index is 1320. The molecule has 1 saturated heterocycles. The van der Waals surface area contributed by atoms with Crippen LogP contribution in [0.1, 0.15) is 30.4 Å². The third-order valence-electron chi connectivity index (χ3n) is 6.33. The second kappa shape index (κ2) is 9.29. The van der Waals surface area contributed by atoms with Crippen LogP contribution in [0.3, 0.4) is 0 Å². The SMILES string of the molecule is COCCn1cc([C@H]2C[C@@H](C)CN(c3nccc(-c4cnc5ccc(C(F)(F)F)cn45)n3)C2)cn1. The summed E-state index contributed by atoms with van der Waals surface area (Å²) in [6.45, 7) is 5.02. The molecule has 4 aromatic rings. The van der Waals surface area contributed by atoms with Gasteiger partial charge in [0.2, 0.25) is 5.95 Å². The van der Waals surface area contributed by atoms with E-state index in [0.29, 0.717) is 42.1 Å². The minimum atomic E-state index is -4.44. The first kappa shape index (κ1) is 23.3. The van der Waals surface area contributed by atoms with Gasteiger partial charge in [0.15, 0.2) is 0 Å². The molecule has 4 aromatic heterocycles. The zero-order chi connectivity index (χ0) is 24.6. The number of piperidine rings is 1. The molecular formula is C24H26F3N7O. The number of halogens is 3. The van der Waals surface area contributed by atoms with Gasteiger partial charge in [-0.15, -0.1) is 0 Å². The second-order valence-electron chi connectivity index (χ2n) is 9.00. The number of anilines is 1. The lowest BCUT2D eigenvalue weighted by Crippen LogP contribution is -2.39. The van der Waals surface area contributed by atoms with E-state index in [-0.39, 0.29) is 5.92 Å². The molecule has 1 aliphatic rings. The molecule has 2 atom stereocenters. The highest BCUT2D eigenvalue weighted by Crippen LogP contribution is 2.33. The number of hydrogen-bond donors (Lipinski definition) is 0. The fraction of sp³-hybridized carbons (Fsp3) is 0.417. The number of hydrogen-bond acceptors (Lipinski definition) is 6. The number of imidazole rings is 1. The van der Waals surface area contributed by atoms with E-state index in [1.807, 2.05) is 10.9 Å². The second-order valence-corrected chi connectivity index (χ2v) is 9.00. The van der Waals surface area contributed by atoms with Crippen molar-refractivity contribution in [1.29, 1.82) is 0 Å². The molecule has 1 fully saturated rings. The van der Waals surface area contributed by atoms with Crippen molar-refractivity contribution in [3.63, 3.8) is 0 Å². The van der Waals surface area contributed by atoms with Gasteiger partial charge < -0.3 is 9.64 Å². The van der Waals surface area contributed by atoms with Gasteiger partial charge in [0.25, 0.3) is 0 Å². The van der Waals surface area contributed by atoms with Crippen LogP contribution in [0, 0.1) is 5.92 Å². The summed E-state index contributed by atoms with van der Waals surface area (Å²) in [5.74, 6) is 1.23. The van der Waals surface area contributed by atoms with Crippen LogP contribution in [0.5, 0.6) is 0 Å². The fourth-order valence-electron chi connectivity index (χ4n) is 4.64. The smallest absolute Gasteiger partial charge is 0.383 e. The Labute approximate surface area is 200 Å². The maximum Gasteiger partial charge on any atom is 0.417 e. The van der Waals surface area contributed by atoms with Gasteiger partial charge in [-0.05, 0) is 36.1 Å². The Hall–Kier alpha value is -3.47. The van der Waals surface area contributed by atoms with Crippen molar-refractivity contribution in [3.8, 4) is 11.4 Å². The van der Waals surface area contributed by atoms with E-state index in [1.165, 1.54) is 16.7 Å². The Morgan fingerprint density at radius 3 is 2.74 bits per heavy atom. The molecule has 8 nitrogen and oxygen atoms in total. The predicted molar refractivity (Wildman–Crippen MR) is 124 cm³/mol. The first-order chi connectivity index (χ1) is 16.8. The Balaban J connectivity index is 1.42. The summed E-state index contributed by atoms with van der Waals surface area (Å²) in [4.78, 5) is 15.6. The van der Waals surface area contributed by atoms with Crippen molar-refractivity contribution in [2.45, 2.75) is 32.0 Å². The number of pyridine rings is 1. The highest BCUT2D eigenvalue weighted by atomic mass is 19.4. The standard InChI is InChI=1S/C24H26F3N7O/c1-16-9-17(18-10-30-33(14-18)7-8-35-2)13-32(12-16)23-28-6-5-20(31-23)21-11-29-22-4-3-19(15-34(21)22)24(25,26)27/h3-6,10-11,14-17H,7-9,12-13H2,1-2H3/t16-,17+/m1/s1. The molecular weight excluding hydrogens is 459 g/mol. The molecule has 5 rings (SSSR count). The molecule has 0 amide bonds. The van der Waals surface area contributed by atoms with Gasteiger partial charge >= 0.3 is 6.18 Å². The van der Waals surface area contributed by atoms with Gasteiger partial charge in [-0.25, -0.2) is 15.0 Å². The highest BCUT2D eigenvalue weighted by Gasteiger charge is 2.31. The lowest BCUT2D eigenvalue weighted by Gasteiger charge is -2.36. The molecule has 1 aliphatic heterocycles. The van der Waals surface area contributed by atoms with Crippen molar-refractivity contribution in [2.75, 3.05) is 31.7 Å². The summed E-state index contributed by atoms with van der Waals surface area (Å²) in [5.41, 5.74) is 1.85. The van der Waals surface area contributed by atoms with E-state index < -0.39 is 11.7 Å². The molecule has 35 heavy (non-hydrogen) atoms. The molecule has 184 valence electrons. The molecule has 0 bridgehead atoms. The van der Waals surface area contributed by atoms with E-state index in [4.69, 9.17) is 9.72 Å². The molecule has 11 heteroatoms. The van der Waals surface area contributed by atoms with E-state index in [1.54, 1.807) is 19.4 Å². The van der Waals surface area contributed by atoms with Crippen molar-refractivity contribution < 1.29 is 17.9 Å². The fourth-order valence-corrected chi connectivity index (χ4v) is 4.64. The topological polar surface area (TPSA) is 73.4 Å². The number of fused-ring (bicyclic) bond motifs is 1. The minimum Gasteiger partial charge on any atom is -0.383 e. The molecule has 0 radical (unpaired) electrons. The number of ether oxygens (including phenoxy) is 1. The van der Waals surface area contributed by atoms with Crippen LogP contribution in [-0.2, 0) is 17.5 Å². The normalized spacial score (nSPS) is 18.9. The van der Waals surface area contributed by atoms with Crippen LogP contribution < -0.4 is 4.90 Å². The van der Waals surface area contributed by atoms with Crippen LogP contribution in [0.2, 0.25) is 0 Å². The van der Waals surface area contributed by atoms with Gasteiger partial charge in [0.05, 0.1) is 42.5 Å². The number of methoxy groups -OCH3 is 1. The molecule has 0 aromatic carbocycles. The summed E-state index contributed by atoms with van der Waals surface area (Å²) < 4.78 is 48.2. The van der Waals surface area contributed by atoms with Crippen LogP contribution in [0.25, 0.3) is 17.0 Å². The van der Waals surface area contributed by atoms with Crippen molar-refractivity contribution in [1.82, 2.24) is 29.1 Å². The van der Waals surface area contributed by atoms with Crippen molar-refractivity contribution in [3.05, 3.63) is 60.3 Å². The summed E-state index contributed by atoms with van der Waals surface area (Å²) >= 11 is 0. The van der Waals surface area contributed by atoms with Crippen molar-refractivity contribution in [2.24, 2.45) is 5.92 Å². The van der Waals surface area contributed by atoms with E-state index in [2.05, 4.69) is 33.1 Å². The summed E-state index contributed by atoms with van der Waals surface area (Å²) in [6.07, 6.45) is 4.79. The maximum atomic E-state index is 13.3. The lowest BCUT2D eigenvalue weighted by atomic mass is 9.87. The van der Waals surface area contributed by atoms with E-state index in [9.17, 15) is 13.2 Å². The third-order valence-corrected chi connectivity index (χ3v) is 6.33. The zero-order valence-electron chi connectivity index (χ0n) is 19.5. The third kappa shape index (κ3) is 4.86. The van der Waals surface area contributed by atoms with Gasteiger partial charge in [-0.3, -0.25) is 9.08 Å². The first-order valence-electron chi connectivity index (χ1n) is 11.5. The Morgan fingerprint density at radius 2 is 1.94 bits per heavy atom. The van der Waals surface area contributed by atoms with Gasteiger partial charge in [0.1, 0.15) is 5.65 Å². The summed E-state index contributed by atoms with van der Waals surface area (Å²) in [5, 5.41) is 4.45. The first-order valence-corrected chi connectivity index (χ1v) is 11.5. The Kier molecular flexibility index (Phi) is 6.18.